The van der Waals surface area contributed by atoms with Gasteiger partial charge in [0.1, 0.15) is 0 Å². The van der Waals surface area contributed by atoms with Crippen LogP contribution in [-0.4, -0.2) is 42.2 Å². The second-order valence-corrected chi connectivity index (χ2v) is 6.78. The highest BCUT2D eigenvalue weighted by Crippen LogP contribution is 2.27. The normalized spacial score (nSPS) is 21.2. The van der Waals surface area contributed by atoms with Crippen molar-refractivity contribution < 1.29 is 0 Å². The van der Waals surface area contributed by atoms with Crippen LogP contribution in [0.5, 0.6) is 0 Å². The fraction of sp³-hybridized carbons (Fsp3) is 0.765. The van der Waals surface area contributed by atoms with Crippen molar-refractivity contribution in [2.75, 3.05) is 31.6 Å². The largest absolute Gasteiger partial charge is 0.341 e. The Hall–Kier alpha value is -1.20. The molecule has 122 valence electrons. The molecule has 2 N–H and O–H groups in total. The first-order chi connectivity index (χ1) is 10.8. The third-order valence-electron chi connectivity index (χ3n) is 5.21. The van der Waals surface area contributed by atoms with Crippen molar-refractivity contribution in [3.63, 3.8) is 0 Å². The minimum Gasteiger partial charge on any atom is -0.341 e. The maximum absolute atomic E-state index is 4.52. The molecule has 2 heterocycles. The van der Waals surface area contributed by atoms with E-state index < -0.39 is 0 Å². The number of aromatic nitrogens is 2. The van der Waals surface area contributed by atoms with E-state index in [9.17, 15) is 0 Å². The lowest BCUT2D eigenvalue weighted by Crippen LogP contribution is -2.52. The first-order valence-electron chi connectivity index (χ1n) is 8.77. The minimum atomic E-state index is 0.286. The Morgan fingerprint density at radius 3 is 2.36 bits per heavy atom. The molecule has 0 spiro atoms. The van der Waals surface area contributed by atoms with Gasteiger partial charge in [-0.1, -0.05) is 19.3 Å². The predicted molar refractivity (Wildman–Crippen MR) is 90.1 cm³/mol. The highest BCUT2D eigenvalue weighted by atomic mass is 15.3. The van der Waals surface area contributed by atoms with Gasteiger partial charge in [-0.15, -0.1) is 0 Å². The monoisotopic (exact) mass is 303 g/mol. The summed E-state index contributed by atoms with van der Waals surface area (Å²) in [5, 5.41) is 7.15. The van der Waals surface area contributed by atoms with Gasteiger partial charge in [0, 0.05) is 49.7 Å². The Labute approximate surface area is 133 Å². The number of rotatable bonds is 6. The molecule has 1 aliphatic heterocycles. The van der Waals surface area contributed by atoms with Crippen molar-refractivity contribution in [3.05, 3.63) is 18.0 Å². The highest BCUT2D eigenvalue weighted by molar-refractivity contribution is 5.30. The summed E-state index contributed by atoms with van der Waals surface area (Å²) in [6, 6.07) is 0. The summed E-state index contributed by atoms with van der Waals surface area (Å²) in [5.74, 6) is 0.889. The number of nitrogens with one attached hydrogen (secondary N) is 2. The Balaban J connectivity index is 1.48. The van der Waals surface area contributed by atoms with E-state index in [1.807, 2.05) is 12.4 Å². The van der Waals surface area contributed by atoms with Crippen LogP contribution >= 0.6 is 0 Å². The van der Waals surface area contributed by atoms with Crippen molar-refractivity contribution >= 4 is 5.95 Å². The standard InChI is InChI=1S/C17H29N5/c1-18-17(7-3-2-4-8-17)14-19-11-15-12-20-16(21-13-15)22-9-5-6-10-22/h12-13,18-19H,2-11,14H2,1H3. The second kappa shape index (κ2) is 7.38. The minimum absolute atomic E-state index is 0.286. The molecule has 2 fully saturated rings. The topological polar surface area (TPSA) is 53.1 Å². The van der Waals surface area contributed by atoms with E-state index in [0.29, 0.717) is 0 Å². The number of anilines is 1. The second-order valence-electron chi connectivity index (χ2n) is 6.78. The van der Waals surface area contributed by atoms with Gasteiger partial charge in [-0.05, 0) is 32.7 Å². The van der Waals surface area contributed by atoms with Gasteiger partial charge in [-0.25, -0.2) is 9.97 Å². The maximum Gasteiger partial charge on any atom is 0.225 e. The lowest BCUT2D eigenvalue weighted by atomic mass is 9.81. The molecule has 1 aromatic heterocycles. The smallest absolute Gasteiger partial charge is 0.225 e. The van der Waals surface area contributed by atoms with Gasteiger partial charge < -0.3 is 15.5 Å². The third-order valence-corrected chi connectivity index (χ3v) is 5.21. The van der Waals surface area contributed by atoms with Crippen molar-refractivity contribution in [2.45, 2.75) is 57.0 Å². The molecule has 0 atom stereocenters. The van der Waals surface area contributed by atoms with Crippen LogP contribution in [0, 0.1) is 0 Å². The molecule has 1 saturated heterocycles. The van der Waals surface area contributed by atoms with Crippen LogP contribution in [0.2, 0.25) is 0 Å². The molecule has 0 unspecified atom stereocenters. The molecule has 22 heavy (non-hydrogen) atoms. The van der Waals surface area contributed by atoms with Crippen molar-refractivity contribution in [2.24, 2.45) is 0 Å². The van der Waals surface area contributed by atoms with Crippen LogP contribution in [0.3, 0.4) is 0 Å². The first kappa shape index (κ1) is 15.7. The molecular weight excluding hydrogens is 274 g/mol. The molecule has 5 nitrogen and oxygen atoms in total. The SMILES string of the molecule is CNC1(CNCc2cnc(N3CCCC3)nc2)CCCCC1. The van der Waals surface area contributed by atoms with Crippen LogP contribution in [0.1, 0.15) is 50.5 Å². The van der Waals surface area contributed by atoms with Gasteiger partial charge in [-0.3, -0.25) is 0 Å². The molecule has 0 amide bonds. The fourth-order valence-electron chi connectivity index (χ4n) is 3.71. The summed E-state index contributed by atoms with van der Waals surface area (Å²) < 4.78 is 0. The third kappa shape index (κ3) is 3.76. The van der Waals surface area contributed by atoms with Gasteiger partial charge in [0.05, 0.1) is 0 Å². The van der Waals surface area contributed by atoms with E-state index in [1.165, 1.54) is 50.5 Å². The summed E-state index contributed by atoms with van der Waals surface area (Å²) in [7, 11) is 2.10. The zero-order valence-electron chi connectivity index (χ0n) is 13.8. The van der Waals surface area contributed by atoms with E-state index in [-0.39, 0.29) is 5.54 Å². The number of likely N-dealkylation sites (N-methyl/N-ethyl adjacent to an activating group) is 1. The Kier molecular flexibility index (Phi) is 5.26. The summed E-state index contributed by atoms with van der Waals surface area (Å²) in [5.41, 5.74) is 1.46. The lowest BCUT2D eigenvalue weighted by Gasteiger charge is -2.37. The number of hydrogen-bond acceptors (Lipinski definition) is 5. The maximum atomic E-state index is 4.52. The van der Waals surface area contributed by atoms with Crippen LogP contribution in [0.15, 0.2) is 12.4 Å². The van der Waals surface area contributed by atoms with E-state index in [1.54, 1.807) is 0 Å². The van der Waals surface area contributed by atoms with Crippen molar-refractivity contribution in [3.8, 4) is 0 Å². The molecule has 1 aliphatic carbocycles. The lowest BCUT2D eigenvalue weighted by molar-refractivity contribution is 0.237. The van der Waals surface area contributed by atoms with Crippen molar-refractivity contribution in [1.29, 1.82) is 0 Å². The molecular formula is C17H29N5. The van der Waals surface area contributed by atoms with E-state index >= 15 is 0 Å². The summed E-state index contributed by atoms with van der Waals surface area (Å²) >= 11 is 0. The average molecular weight is 303 g/mol. The van der Waals surface area contributed by atoms with Gasteiger partial charge in [-0.2, -0.15) is 0 Å². The molecule has 2 aliphatic rings. The molecule has 1 aromatic rings. The first-order valence-corrected chi connectivity index (χ1v) is 8.77. The summed E-state index contributed by atoms with van der Waals surface area (Å²) in [4.78, 5) is 11.3. The fourth-order valence-corrected chi connectivity index (χ4v) is 3.71. The Morgan fingerprint density at radius 1 is 1.05 bits per heavy atom. The summed E-state index contributed by atoms with van der Waals surface area (Å²) in [6.07, 6.45) is 13.1. The van der Waals surface area contributed by atoms with Crippen LogP contribution in [0.4, 0.5) is 5.95 Å². The van der Waals surface area contributed by atoms with Gasteiger partial charge in [0.15, 0.2) is 0 Å². The Bertz CT molecular complexity index is 447. The van der Waals surface area contributed by atoms with E-state index in [0.717, 1.165) is 32.1 Å². The van der Waals surface area contributed by atoms with Crippen LogP contribution in [-0.2, 0) is 6.54 Å². The van der Waals surface area contributed by atoms with Crippen LogP contribution in [0.25, 0.3) is 0 Å². The molecule has 5 heteroatoms. The van der Waals surface area contributed by atoms with Gasteiger partial charge in [0.25, 0.3) is 0 Å². The molecule has 0 aromatic carbocycles. The zero-order valence-corrected chi connectivity index (χ0v) is 13.8. The molecule has 0 radical (unpaired) electrons. The Morgan fingerprint density at radius 2 is 1.73 bits per heavy atom. The number of hydrogen-bond donors (Lipinski definition) is 2. The zero-order chi connectivity index (χ0) is 15.3. The van der Waals surface area contributed by atoms with E-state index in [4.69, 9.17) is 0 Å². The highest BCUT2D eigenvalue weighted by Gasteiger charge is 2.29. The summed E-state index contributed by atoms with van der Waals surface area (Å²) in [6.45, 7) is 4.08. The predicted octanol–water partition coefficient (Wildman–Crippen LogP) is 2.09. The molecule has 3 rings (SSSR count). The molecule has 0 bridgehead atoms. The molecule has 1 saturated carbocycles. The average Bonchev–Trinajstić information content (AvgIpc) is 3.11. The quantitative estimate of drug-likeness (QED) is 0.843. The van der Waals surface area contributed by atoms with Crippen molar-refractivity contribution in [1.82, 2.24) is 20.6 Å². The van der Waals surface area contributed by atoms with Gasteiger partial charge in [0.2, 0.25) is 5.95 Å². The number of nitrogens with zero attached hydrogens (tertiary/aromatic N) is 3. The van der Waals surface area contributed by atoms with E-state index in [2.05, 4.69) is 32.5 Å². The van der Waals surface area contributed by atoms with Gasteiger partial charge >= 0.3 is 0 Å². The van der Waals surface area contributed by atoms with Crippen LogP contribution < -0.4 is 15.5 Å².